The Bertz CT molecular complexity index is 305. The molecule has 2 nitrogen and oxygen atoms in total. The Kier molecular flexibility index (Phi) is 1.83. The Hall–Kier alpha value is -0.970. The van der Waals surface area contributed by atoms with Gasteiger partial charge in [0.25, 0.3) is 0 Å². The van der Waals surface area contributed by atoms with Crippen LogP contribution in [0, 0.1) is 0 Å². The molecule has 2 heterocycles. The molecule has 0 aliphatic carbocycles. The minimum Gasteiger partial charge on any atom is -0.468 e. The van der Waals surface area contributed by atoms with Crippen molar-refractivity contribution in [2.75, 3.05) is 6.54 Å². The van der Waals surface area contributed by atoms with Crippen LogP contribution in [0.2, 0.25) is 0 Å². The van der Waals surface area contributed by atoms with E-state index in [1.54, 1.807) is 6.07 Å². The predicted molar refractivity (Wildman–Crippen MR) is 39.2 cm³/mol. The average Bonchev–Trinajstić information content (AvgIpc) is 2.48. The van der Waals surface area contributed by atoms with Gasteiger partial charge in [0.15, 0.2) is 0 Å². The minimum absolute atomic E-state index is 0.0613. The highest BCUT2D eigenvalue weighted by molar-refractivity contribution is 5.24. The Morgan fingerprint density at radius 1 is 1.46 bits per heavy atom. The highest BCUT2D eigenvalue weighted by atomic mass is 19.4. The van der Waals surface area contributed by atoms with Crippen LogP contribution in [-0.4, -0.2) is 12.7 Å². The molecule has 0 saturated carbocycles. The monoisotopic (exact) mass is 191 g/mol. The zero-order valence-corrected chi connectivity index (χ0v) is 6.69. The quantitative estimate of drug-likeness (QED) is 0.678. The van der Waals surface area contributed by atoms with Crippen LogP contribution in [0.25, 0.3) is 0 Å². The number of nitrogens with one attached hydrogen (secondary N) is 1. The van der Waals surface area contributed by atoms with E-state index in [-0.39, 0.29) is 12.3 Å². The van der Waals surface area contributed by atoms with Crippen LogP contribution in [0.15, 0.2) is 16.7 Å². The Morgan fingerprint density at radius 2 is 2.23 bits per heavy atom. The summed E-state index contributed by atoms with van der Waals surface area (Å²) in [5, 5.41) is 2.70. The average molecular weight is 191 g/mol. The first-order valence-electron chi connectivity index (χ1n) is 3.93. The maximum absolute atomic E-state index is 12.4. The summed E-state index contributed by atoms with van der Waals surface area (Å²) in [7, 11) is 0. The first-order valence-corrected chi connectivity index (χ1v) is 3.93. The Morgan fingerprint density at radius 3 is 2.92 bits per heavy atom. The van der Waals surface area contributed by atoms with Gasteiger partial charge in [0.1, 0.15) is 11.7 Å². The topological polar surface area (TPSA) is 25.2 Å². The molecule has 2 rings (SSSR count). The van der Waals surface area contributed by atoms with Crippen molar-refractivity contribution in [1.82, 2.24) is 5.32 Å². The second-order valence-corrected chi connectivity index (χ2v) is 3.04. The van der Waals surface area contributed by atoms with Crippen LogP contribution in [0.4, 0.5) is 13.2 Å². The third kappa shape index (κ3) is 1.44. The van der Waals surface area contributed by atoms with Crippen molar-refractivity contribution in [3.63, 3.8) is 0 Å². The van der Waals surface area contributed by atoms with Crippen LogP contribution in [0.1, 0.15) is 17.2 Å². The number of fused-ring (bicyclic) bond motifs is 1. The van der Waals surface area contributed by atoms with Gasteiger partial charge < -0.3 is 9.73 Å². The number of furan rings is 1. The number of hydrogen-bond acceptors (Lipinski definition) is 2. The Balaban J connectivity index is 2.35. The van der Waals surface area contributed by atoms with Crippen molar-refractivity contribution in [3.05, 3.63) is 23.7 Å². The number of hydrogen-bond donors (Lipinski definition) is 1. The van der Waals surface area contributed by atoms with Gasteiger partial charge in [-0.15, -0.1) is 0 Å². The van der Waals surface area contributed by atoms with Crippen LogP contribution < -0.4 is 5.32 Å². The molecule has 1 N–H and O–H groups in total. The van der Waals surface area contributed by atoms with E-state index in [1.807, 2.05) is 0 Å². The molecule has 0 spiro atoms. The second kappa shape index (κ2) is 2.77. The molecule has 1 aliphatic heterocycles. The molecule has 72 valence electrons. The molecule has 0 aromatic carbocycles. The van der Waals surface area contributed by atoms with E-state index < -0.39 is 12.1 Å². The fraction of sp³-hybridized carbons (Fsp3) is 0.500. The lowest BCUT2D eigenvalue weighted by Crippen LogP contribution is -2.35. The maximum atomic E-state index is 12.4. The number of rotatable bonds is 0. The lowest BCUT2D eigenvalue weighted by atomic mass is 9.99. The van der Waals surface area contributed by atoms with Gasteiger partial charge in [-0.1, -0.05) is 0 Å². The standard InChI is InChI=1S/C8H8F3NO/c9-8(10,11)6-4-12-3-5-1-2-13-7(5)6/h1-2,6,12H,3-4H2. The summed E-state index contributed by atoms with van der Waals surface area (Å²) in [6.07, 6.45) is -2.92. The lowest BCUT2D eigenvalue weighted by molar-refractivity contribution is -0.154. The van der Waals surface area contributed by atoms with Crippen molar-refractivity contribution >= 4 is 0 Å². The van der Waals surface area contributed by atoms with E-state index in [4.69, 9.17) is 4.42 Å². The molecule has 0 amide bonds. The van der Waals surface area contributed by atoms with Crippen LogP contribution >= 0.6 is 0 Å². The first-order chi connectivity index (χ1) is 6.09. The molecular weight excluding hydrogens is 183 g/mol. The normalized spacial score (nSPS) is 22.8. The van der Waals surface area contributed by atoms with Crippen molar-refractivity contribution in [1.29, 1.82) is 0 Å². The predicted octanol–water partition coefficient (Wildman–Crippen LogP) is 2.03. The fourth-order valence-electron chi connectivity index (χ4n) is 1.51. The molecule has 1 aromatic rings. The summed E-state index contributed by atoms with van der Waals surface area (Å²) in [6.45, 7) is 0.364. The smallest absolute Gasteiger partial charge is 0.400 e. The van der Waals surface area contributed by atoms with E-state index in [9.17, 15) is 13.2 Å². The maximum Gasteiger partial charge on any atom is 0.400 e. The highest BCUT2D eigenvalue weighted by Crippen LogP contribution is 2.38. The molecule has 0 bridgehead atoms. The van der Waals surface area contributed by atoms with Gasteiger partial charge in [-0.25, -0.2) is 0 Å². The van der Waals surface area contributed by atoms with Gasteiger partial charge >= 0.3 is 6.18 Å². The SMILES string of the molecule is FC(F)(F)C1CNCc2ccoc21. The van der Waals surface area contributed by atoms with Gasteiger partial charge in [-0.05, 0) is 6.07 Å². The molecular formula is C8H8F3NO. The fourth-order valence-corrected chi connectivity index (χ4v) is 1.51. The van der Waals surface area contributed by atoms with Crippen LogP contribution in [0.5, 0.6) is 0 Å². The summed E-state index contributed by atoms with van der Waals surface area (Å²) >= 11 is 0. The van der Waals surface area contributed by atoms with E-state index in [2.05, 4.69) is 5.32 Å². The van der Waals surface area contributed by atoms with Crippen molar-refractivity contribution in [2.45, 2.75) is 18.6 Å². The zero-order valence-electron chi connectivity index (χ0n) is 6.69. The van der Waals surface area contributed by atoms with Gasteiger partial charge in [0.05, 0.1) is 6.26 Å². The Labute approximate surface area is 72.7 Å². The third-order valence-corrected chi connectivity index (χ3v) is 2.16. The molecule has 0 saturated heterocycles. The first kappa shape index (κ1) is 8.62. The molecule has 1 aliphatic rings. The lowest BCUT2D eigenvalue weighted by Gasteiger charge is -2.23. The summed E-state index contributed by atoms with van der Waals surface area (Å²) in [4.78, 5) is 0. The molecule has 1 unspecified atom stereocenters. The summed E-state index contributed by atoms with van der Waals surface area (Å²) in [6, 6.07) is 1.57. The summed E-state index contributed by atoms with van der Waals surface area (Å²) in [5.74, 6) is -1.43. The van der Waals surface area contributed by atoms with Gasteiger partial charge in [-0.2, -0.15) is 13.2 Å². The van der Waals surface area contributed by atoms with E-state index >= 15 is 0 Å². The summed E-state index contributed by atoms with van der Waals surface area (Å²) in [5.41, 5.74) is 0.605. The van der Waals surface area contributed by atoms with E-state index in [0.717, 1.165) is 0 Å². The van der Waals surface area contributed by atoms with Crippen molar-refractivity contribution in [3.8, 4) is 0 Å². The second-order valence-electron chi connectivity index (χ2n) is 3.04. The molecule has 0 fully saturated rings. The molecule has 0 radical (unpaired) electrons. The van der Waals surface area contributed by atoms with Gasteiger partial charge in [0, 0.05) is 18.7 Å². The van der Waals surface area contributed by atoms with Crippen molar-refractivity contribution < 1.29 is 17.6 Å². The van der Waals surface area contributed by atoms with Gasteiger partial charge in [0.2, 0.25) is 0 Å². The van der Waals surface area contributed by atoms with E-state index in [1.165, 1.54) is 6.26 Å². The molecule has 1 aromatic heterocycles. The minimum atomic E-state index is -4.22. The molecule has 1 atom stereocenters. The highest BCUT2D eigenvalue weighted by Gasteiger charge is 2.44. The van der Waals surface area contributed by atoms with Gasteiger partial charge in [-0.3, -0.25) is 0 Å². The largest absolute Gasteiger partial charge is 0.468 e. The third-order valence-electron chi connectivity index (χ3n) is 2.16. The number of alkyl halides is 3. The van der Waals surface area contributed by atoms with Crippen LogP contribution in [0.3, 0.4) is 0 Å². The molecule has 13 heavy (non-hydrogen) atoms. The molecule has 5 heteroatoms. The summed E-state index contributed by atoms with van der Waals surface area (Å²) < 4.78 is 42.0. The number of halogens is 3. The van der Waals surface area contributed by atoms with Crippen LogP contribution in [-0.2, 0) is 6.54 Å². The van der Waals surface area contributed by atoms with E-state index in [0.29, 0.717) is 12.1 Å². The van der Waals surface area contributed by atoms with Crippen molar-refractivity contribution in [2.24, 2.45) is 0 Å². The zero-order chi connectivity index (χ0) is 9.47.